The fraction of sp³-hybridized carbons (Fsp3) is 0.500. The van der Waals surface area contributed by atoms with Gasteiger partial charge < -0.3 is 6.87 Å². The standard InChI is InChI=1S/C2H3N.HIO3/c1-2-3;2-1(3)4/h1H3;2H. The monoisotopic (exact) mass is 217 g/mol. The minimum atomic E-state index is -3.76. The summed E-state index contributed by atoms with van der Waals surface area (Å²) >= 11 is -3.76. The lowest BCUT2D eigenvalue weighted by Gasteiger charge is -1.67. The molecule has 0 spiro atoms. The summed E-state index contributed by atoms with van der Waals surface area (Å²) in [7, 11) is 0. The lowest BCUT2D eigenvalue weighted by atomic mass is 11.0. The molecule has 5 heteroatoms. The molecule has 42 valence electrons. The largest absolute Gasteiger partial charge is 0.503 e. The summed E-state index contributed by atoms with van der Waals surface area (Å²) in [6, 6.07) is 1.75. The first-order valence-corrected chi connectivity index (χ1v) is 3.93. The Morgan fingerprint density at radius 3 is 1.71 bits per heavy atom. The molecular weight excluding hydrogens is 213 g/mol. The molecule has 0 radical (unpaired) electrons. The Hall–Kier alpha value is 0.1000. The lowest BCUT2D eigenvalue weighted by Crippen LogP contribution is -3.98. The van der Waals surface area contributed by atoms with Crippen LogP contribution in [0.2, 0.25) is 0 Å². The van der Waals surface area contributed by atoms with Gasteiger partial charge in [-0.1, -0.05) is 0 Å². The third-order valence-electron chi connectivity index (χ3n) is 0. The number of hydrogen-bond donors (Lipinski definition) is 1. The number of nitriles is 1. The van der Waals surface area contributed by atoms with Crippen molar-refractivity contribution < 1.29 is 31.4 Å². The van der Waals surface area contributed by atoms with Crippen molar-refractivity contribution in [2.75, 3.05) is 0 Å². The molecule has 0 heterocycles. The first-order chi connectivity index (χ1) is 3.15. The molecule has 0 aliphatic carbocycles. The zero-order valence-electron chi connectivity index (χ0n) is 3.59. The van der Waals surface area contributed by atoms with Crippen LogP contribution in [0.3, 0.4) is 0 Å². The van der Waals surface area contributed by atoms with E-state index in [9.17, 15) is 0 Å². The molecule has 4 nitrogen and oxygen atoms in total. The van der Waals surface area contributed by atoms with Gasteiger partial charge in [-0.15, -0.1) is 0 Å². The second-order valence-electron chi connectivity index (χ2n) is 0.425. The van der Waals surface area contributed by atoms with Crippen LogP contribution in [-0.4, -0.2) is 3.44 Å². The summed E-state index contributed by atoms with van der Waals surface area (Å²) in [5.41, 5.74) is 0. The van der Waals surface area contributed by atoms with Gasteiger partial charge in [0.1, 0.15) is 0 Å². The minimum absolute atomic E-state index is 1.43. The summed E-state index contributed by atoms with van der Waals surface area (Å²) in [6.07, 6.45) is 0. The van der Waals surface area contributed by atoms with E-state index in [0.717, 1.165) is 0 Å². The highest BCUT2D eigenvalue weighted by atomic mass is 127. The zero-order valence-corrected chi connectivity index (χ0v) is 5.75. The van der Waals surface area contributed by atoms with E-state index in [1.54, 1.807) is 6.07 Å². The van der Waals surface area contributed by atoms with Gasteiger partial charge in [-0.2, -0.15) is 5.26 Å². The van der Waals surface area contributed by atoms with Crippen LogP contribution in [0, 0.1) is 11.3 Å². The van der Waals surface area contributed by atoms with Crippen molar-refractivity contribution in [2.24, 2.45) is 0 Å². The van der Waals surface area contributed by atoms with E-state index >= 15 is 0 Å². The molecule has 0 rings (SSSR count). The van der Waals surface area contributed by atoms with E-state index in [1.807, 2.05) is 0 Å². The van der Waals surface area contributed by atoms with Crippen LogP contribution in [0.15, 0.2) is 0 Å². The van der Waals surface area contributed by atoms with Gasteiger partial charge >= 0.3 is 21.1 Å². The van der Waals surface area contributed by atoms with Crippen molar-refractivity contribution in [3.05, 3.63) is 0 Å². The normalized spacial score (nSPS) is 6.29. The maximum Gasteiger partial charge on any atom is 0.503 e. The summed E-state index contributed by atoms with van der Waals surface area (Å²) in [5.74, 6) is 0. The van der Waals surface area contributed by atoms with E-state index < -0.39 is 21.1 Å². The predicted octanol–water partition coefficient (Wildman–Crippen LogP) is -5.40. The molecule has 0 aromatic heterocycles. The molecule has 7 heavy (non-hydrogen) atoms. The minimum Gasteiger partial charge on any atom is -0.396 e. The van der Waals surface area contributed by atoms with Gasteiger partial charge in [0.15, 0.2) is 0 Å². The van der Waals surface area contributed by atoms with Crippen LogP contribution in [0.4, 0.5) is 0 Å². The van der Waals surface area contributed by atoms with E-state index in [1.165, 1.54) is 6.92 Å². The van der Waals surface area contributed by atoms with Gasteiger partial charge in [-0.25, -0.2) is 0 Å². The predicted molar refractivity (Wildman–Crippen MR) is 13.5 cm³/mol. The molecule has 1 N–H and O–H groups in total. The molecule has 0 bridgehead atoms. The van der Waals surface area contributed by atoms with Gasteiger partial charge in [0.25, 0.3) is 0 Å². The average molecular weight is 217 g/mol. The Bertz CT molecular complexity index is 55.7. The molecular formula is C2H4INO3. The number of rotatable bonds is 0. The molecule has 0 aromatic rings. The molecule has 0 amide bonds. The van der Waals surface area contributed by atoms with Crippen LogP contribution < -0.4 is 27.9 Å². The maximum absolute atomic E-state index is 8.68. The van der Waals surface area contributed by atoms with Gasteiger partial charge in [-0.3, -0.25) is 0 Å². The number of nitrogens with zero attached hydrogens (tertiary/aromatic N) is 1. The summed E-state index contributed by atoms with van der Waals surface area (Å²) in [5, 5.41) is 7.32. The Kier molecular flexibility index (Phi) is 13.7. The van der Waals surface area contributed by atoms with E-state index in [4.69, 9.17) is 15.6 Å². The molecule has 0 atom stereocenters. The van der Waals surface area contributed by atoms with Gasteiger partial charge in [-0.05, 0) is 3.44 Å². The second kappa shape index (κ2) is 9.44. The smallest absolute Gasteiger partial charge is 0.396 e. The number of hydrogen-bond acceptors (Lipinski definition) is 4. The highest BCUT2D eigenvalue weighted by molar-refractivity contribution is 4.51. The maximum atomic E-state index is 8.68. The third kappa shape index (κ3) is 10300. The quantitative estimate of drug-likeness (QED) is 0.410. The third-order valence-corrected chi connectivity index (χ3v) is 0. The Labute approximate surface area is 50.0 Å². The van der Waals surface area contributed by atoms with Crippen LogP contribution in [0.1, 0.15) is 6.92 Å². The number of halogens is 1. The molecule has 0 aliphatic heterocycles. The molecule has 0 fully saturated rings. The van der Waals surface area contributed by atoms with Crippen molar-refractivity contribution >= 4 is 0 Å². The van der Waals surface area contributed by atoms with E-state index in [0.29, 0.717) is 0 Å². The first kappa shape index (κ1) is 10.2. The fourth-order valence-electron chi connectivity index (χ4n) is 0. The summed E-state index contributed by atoms with van der Waals surface area (Å²) in [6.45, 7) is 1.43. The van der Waals surface area contributed by atoms with Gasteiger partial charge in [0.05, 0.1) is 6.07 Å². The molecule has 0 aliphatic rings. The summed E-state index contributed by atoms with van der Waals surface area (Å²) in [4.78, 5) is 0. The van der Waals surface area contributed by atoms with E-state index in [-0.39, 0.29) is 0 Å². The van der Waals surface area contributed by atoms with Crippen LogP contribution in [-0.2, 0) is 0 Å². The Morgan fingerprint density at radius 1 is 1.71 bits per heavy atom. The van der Waals surface area contributed by atoms with Gasteiger partial charge in [0, 0.05) is 6.92 Å². The second-order valence-corrected chi connectivity index (χ2v) is 1.57. The Morgan fingerprint density at radius 2 is 1.71 bits per heavy atom. The van der Waals surface area contributed by atoms with Crippen molar-refractivity contribution in [2.45, 2.75) is 6.92 Å². The van der Waals surface area contributed by atoms with E-state index in [2.05, 4.69) is 0 Å². The molecule has 0 saturated heterocycles. The fourth-order valence-corrected chi connectivity index (χ4v) is 0. The summed E-state index contributed by atoms with van der Waals surface area (Å²) < 4.78 is 24.5. The Balaban J connectivity index is 0. The van der Waals surface area contributed by atoms with Crippen molar-refractivity contribution in [1.82, 2.24) is 0 Å². The molecule has 0 saturated carbocycles. The molecule has 0 unspecified atom stereocenters. The highest BCUT2D eigenvalue weighted by Gasteiger charge is 1.89. The van der Waals surface area contributed by atoms with Gasteiger partial charge in [0.2, 0.25) is 0 Å². The van der Waals surface area contributed by atoms with Crippen molar-refractivity contribution in [3.8, 4) is 6.07 Å². The molecule has 0 aromatic carbocycles. The van der Waals surface area contributed by atoms with Crippen LogP contribution >= 0.6 is 0 Å². The zero-order chi connectivity index (χ0) is 6.28. The highest BCUT2D eigenvalue weighted by Crippen LogP contribution is 1.21. The van der Waals surface area contributed by atoms with Crippen molar-refractivity contribution in [1.29, 1.82) is 5.26 Å². The SMILES string of the molecule is CC#N.[O-][I+2]([O-])O. The van der Waals surface area contributed by atoms with Crippen molar-refractivity contribution in [3.63, 3.8) is 0 Å². The first-order valence-electron chi connectivity index (χ1n) is 1.20. The van der Waals surface area contributed by atoms with Crippen LogP contribution in [0.25, 0.3) is 0 Å². The van der Waals surface area contributed by atoms with Crippen LogP contribution in [0.5, 0.6) is 0 Å². The lowest BCUT2D eigenvalue weighted by molar-refractivity contribution is -1.63. The topological polar surface area (TPSA) is 90.1 Å². The average Bonchev–Trinajstić information content (AvgIpc) is 1.33.